The summed E-state index contributed by atoms with van der Waals surface area (Å²) in [6, 6.07) is 5.81. The van der Waals surface area contributed by atoms with Crippen LogP contribution < -0.4 is 4.90 Å². The summed E-state index contributed by atoms with van der Waals surface area (Å²) in [5.74, 6) is -0.766. The zero-order chi connectivity index (χ0) is 16.7. The zero-order valence-corrected chi connectivity index (χ0v) is 14.2. The van der Waals surface area contributed by atoms with Crippen molar-refractivity contribution >= 4 is 11.6 Å². The number of hydrogen-bond donors (Lipinski definition) is 0. The van der Waals surface area contributed by atoms with Crippen LogP contribution in [0.25, 0.3) is 0 Å². The van der Waals surface area contributed by atoms with Crippen molar-refractivity contribution in [3.63, 3.8) is 0 Å². The molecule has 0 aliphatic carbocycles. The van der Waals surface area contributed by atoms with Crippen LogP contribution in [0, 0.1) is 0 Å². The SMILES string of the molecule is C=C1N(C)c2cc(C(=O)N3CCCCC3)ccc2C12OCCCO2. The highest BCUT2D eigenvalue weighted by Gasteiger charge is 2.49. The van der Waals surface area contributed by atoms with Crippen molar-refractivity contribution in [2.24, 2.45) is 0 Å². The van der Waals surface area contributed by atoms with Gasteiger partial charge in [-0.25, -0.2) is 0 Å². The number of amides is 1. The Labute approximate surface area is 142 Å². The Bertz CT molecular complexity index is 673. The highest BCUT2D eigenvalue weighted by atomic mass is 16.7. The Hall–Kier alpha value is -1.85. The number of benzene rings is 1. The highest BCUT2D eigenvalue weighted by molar-refractivity contribution is 5.96. The number of carbonyl (C=O) groups excluding carboxylic acids is 1. The third-order valence-corrected chi connectivity index (χ3v) is 5.29. The van der Waals surface area contributed by atoms with Crippen LogP contribution in [0.4, 0.5) is 5.69 Å². The molecule has 2 fully saturated rings. The molecule has 0 bridgehead atoms. The topological polar surface area (TPSA) is 42.0 Å². The van der Waals surface area contributed by atoms with E-state index in [-0.39, 0.29) is 5.91 Å². The van der Waals surface area contributed by atoms with Gasteiger partial charge in [0.15, 0.2) is 0 Å². The van der Waals surface area contributed by atoms with Crippen LogP contribution in [-0.2, 0) is 15.3 Å². The number of piperidine rings is 1. The molecule has 2 saturated heterocycles. The molecule has 0 saturated carbocycles. The highest BCUT2D eigenvalue weighted by Crippen LogP contribution is 2.49. The molecule has 3 aliphatic heterocycles. The number of likely N-dealkylation sites (N-methyl/N-ethyl adjacent to an activating group) is 1. The molecule has 3 heterocycles. The second-order valence-electron chi connectivity index (χ2n) is 6.76. The molecule has 1 spiro atoms. The fraction of sp³-hybridized carbons (Fsp3) is 0.526. The van der Waals surface area contributed by atoms with Crippen LogP contribution in [0.1, 0.15) is 41.6 Å². The van der Waals surface area contributed by atoms with Gasteiger partial charge in [-0.05, 0) is 37.8 Å². The van der Waals surface area contributed by atoms with Gasteiger partial charge in [0, 0.05) is 31.3 Å². The Morgan fingerprint density at radius 1 is 1.12 bits per heavy atom. The van der Waals surface area contributed by atoms with E-state index in [1.807, 2.05) is 35.0 Å². The Morgan fingerprint density at radius 3 is 2.54 bits per heavy atom. The molecule has 24 heavy (non-hydrogen) atoms. The van der Waals surface area contributed by atoms with E-state index in [0.29, 0.717) is 13.2 Å². The average Bonchev–Trinajstić information content (AvgIpc) is 2.84. The van der Waals surface area contributed by atoms with Crippen molar-refractivity contribution in [2.75, 3.05) is 38.3 Å². The lowest BCUT2D eigenvalue weighted by Crippen LogP contribution is -2.39. The number of hydrogen-bond acceptors (Lipinski definition) is 4. The Kier molecular flexibility index (Phi) is 3.85. The lowest BCUT2D eigenvalue weighted by Gasteiger charge is -2.35. The normalized spacial score (nSPS) is 22.8. The second-order valence-corrected chi connectivity index (χ2v) is 6.76. The maximum absolute atomic E-state index is 12.8. The molecule has 1 aromatic rings. The van der Waals surface area contributed by atoms with E-state index in [9.17, 15) is 4.79 Å². The number of rotatable bonds is 1. The number of likely N-dealkylation sites (tertiary alicyclic amines) is 1. The van der Waals surface area contributed by atoms with Crippen molar-refractivity contribution in [3.8, 4) is 0 Å². The monoisotopic (exact) mass is 328 g/mol. The van der Waals surface area contributed by atoms with E-state index in [0.717, 1.165) is 54.9 Å². The number of anilines is 1. The summed E-state index contributed by atoms with van der Waals surface area (Å²) in [7, 11) is 1.95. The van der Waals surface area contributed by atoms with Gasteiger partial charge in [-0.1, -0.05) is 12.6 Å². The van der Waals surface area contributed by atoms with Gasteiger partial charge >= 0.3 is 0 Å². The summed E-state index contributed by atoms with van der Waals surface area (Å²) in [5.41, 5.74) is 3.40. The zero-order valence-electron chi connectivity index (χ0n) is 14.2. The quantitative estimate of drug-likeness (QED) is 0.795. The first-order valence-corrected chi connectivity index (χ1v) is 8.78. The van der Waals surface area contributed by atoms with Gasteiger partial charge in [0.25, 0.3) is 5.91 Å². The first kappa shape index (κ1) is 15.7. The molecule has 0 N–H and O–H groups in total. The van der Waals surface area contributed by atoms with E-state index in [1.54, 1.807) is 0 Å². The lowest BCUT2D eigenvalue weighted by molar-refractivity contribution is -0.248. The van der Waals surface area contributed by atoms with Gasteiger partial charge in [-0.15, -0.1) is 0 Å². The maximum atomic E-state index is 12.8. The summed E-state index contributed by atoms with van der Waals surface area (Å²) in [4.78, 5) is 16.7. The third-order valence-electron chi connectivity index (χ3n) is 5.29. The van der Waals surface area contributed by atoms with E-state index < -0.39 is 5.79 Å². The fourth-order valence-corrected chi connectivity index (χ4v) is 3.88. The van der Waals surface area contributed by atoms with Crippen LogP contribution in [0.5, 0.6) is 0 Å². The van der Waals surface area contributed by atoms with Crippen LogP contribution in [0.3, 0.4) is 0 Å². The van der Waals surface area contributed by atoms with Crippen molar-refractivity contribution in [3.05, 3.63) is 41.6 Å². The van der Waals surface area contributed by atoms with Gasteiger partial charge in [0.2, 0.25) is 5.79 Å². The molecule has 0 unspecified atom stereocenters. The van der Waals surface area contributed by atoms with Crippen LogP contribution in [-0.4, -0.2) is 44.2 Å². The maximum Gasteiger partial charge on any atom is 0.253 e. The molecule has 1 aromatic carbocycles. The molecule has 128 valence electrons. The molecule has 1 amide bonds. The average molecular weight is 328 g/mol. The summed E-state index contributed by atoms with van der Waals surface area (Å²) in [6.07, 6.45) is 4.30. The summed E-state index contributed by atoms with van der Waals surface area (Å²) in [5, 5.41) is 0. The predicted molar refractivity (Wildman–Crippen MR) is 91.9 cm³/mol. The molecule has 0 radical (unpaired) electrons. The number of carbonyl (C=O) groups is 1. The molecule has 5 nitrogen and oxygen atoms in total. The van der Waals surface area contributed by atoms with Crippen molar-refractivity contribution in [2.45, 2.75) is 31.5 Å². The predicted octanol–water partition coefficient (Wildman–Crippen LogP) is 2.87. The summed E-state index contributed by atoms with van der Waals surface area (Å²) < 4.78 is 12.0. The van der Waals surface area contributed by atoms with Crippen LogP contribution in [0.15, 0.2) is 30.5 Å². The van der Waals surface area contributed by atoms with E-state index in [2.05, 4.69) is 6.58 Å². The van der Waals surface area contributed by atoms with Gasteiger partial charge in [-0.3, -0.25) is 4.79 Å². The second kappa shape index (κ2) is 5.90. The van der Waals surface area contributed by atoms with E-state index in [4.69, 9.17) is 9.47 Å². The molecular weight excluding hydrogens is 304 g/mol. The summed E-state index contributed by atoms with van der Waals surface area (Å²) in [6.45, 7) is 7.19. The van der Waals surface area contributed by atoms with E-state index in [1.165, 1.54) is 6.42 Å². The van der Waals surface area contributed by atoms with Crippen molar-refractivity contribution in [1.29, 1.82) is 0 Å². The third kappa shape index (κ3) is 2.26. The first-order chi connectivity index (χ1) is 11.6. The largest absolute Gasteiger partial charge is 0.343 e. The number of fused-ring (bicyclic) bond motifs is 2. The summed E-state index contributed by atoms with van der Waals surface area (Å²) >= 11 is 0. The molecule has 0 atom stereocenters. The first-order valence-electron chi connectivity index (χ1n) is 8.78. The van der Waals surface area contributed by atoms with Crippen LogP contribution in [0.2, 0.25) is 0 Å². The fourth-order valence-electron chi connectivity index (χ4n) is 3.88. The number of ether oxygens (including phenoxy) is 2. The van der Waals surface area contributed by atoms with Gasteiger partial charge < -0.3 is 19.3 Å². The molecular formula is C19H24N2O3. The minimum Gasteiger partial charge on any atom is -0.343 e. The molecule has 0 aromatic heterocycles. The van der Waals surface area contributed by atoms with E-state index >= 15 is 0 Å². The molecule has 3 aliphatic rings. The van der Waals surface area contributed by atoms with Gasteiger partial charge in [-0.2, -0.15) is 0 Å². The Balaban J connectivity index is 1.68. The lowest BCUT2D eigenvalue weighted by atomic mass is 10.0. The van der Waals surface area contributed by atoms with Crippen LogP contribution >= 0.6 is 0 Å². The van der Waals surface area contributed by atoms with Gasteiger partial charge in [0.1, 0.15) is 0 Å². The molecule has 5 heteroatoms. The minimum atomic E-state index is -0.880. The van der Waals surface area contributed by atoms with Crippen molar-refractivity contribution < 1.29 is 14.3 Å². The van der Waals surface area contributed by atoms with Crippen molar-refractivity contribution in [1.82, 2.24) is 4.90 Å². The van der Waals surface area contributed by atoms with Gasteiger partial charge in [0.05, 0.1) is 24.6 Å². The molecule has 4 rings (SSSR count). The smallest absolute Gasteiger partial charge is 0.253 e. The minimum absolute atomic E-state index is 0.114. The Morgan fingerprint density at radius 2 is 1.83 bits per heavy atom. The standard InChI is InChI=1S/C19H24N2O3/c1-14-19(23-11-6-12-24-19)16-8-7-15(13-17(16)20(14)2)18(22)21-9-4-3-5-10-21/h7-8,13H,1,3-6,9-12H2,2H3. The number of nitrogens with zero attached hydrogens (tertiary/aromatic N) is 2.